The molecule has 2 aromatic carbocycles. The summed E-state index contributed by atoms with van der Waals surface area (Å²) in [6, 6.07) is 16.9. The molecule has 1 amide bonds. The largest absolute Gasteiger partial charge is 0.457 e. The van der Waals surface area contributed by atoms with Gasteiger partial charge in [-0.1, -0.05) is 18.2 Å². The van der Waals surface area contributed by atoms with Crippen LogP contribution < -0.4 is 10.1 Å². The first-order valence-corrected chi connectivity index (χ1v) is 9.15. The van der Waals surface area contributed by atoms with Crippen molar-refractivity contribution in [3.8, 4) is 11.5 Å². The number of carbonyl (C=O) groups is 1. The van der Waals surface area contributed by atoms with E-state index in [4.69, 9.17) is 14.2 Å². The molecule has 0 aromatic heterocycles. The van der Waals surface area contributed by atoms with Crippen LogP contribution in [-0.2, 0) is 9.47 Å². The van der Waals surface area contributed by atoms with Crippen LogP contribution in [0.25, 0.3) is 0 Å². The zero-order chi connectivity index (χ0) is 17.8. The minimum Gasteiger partial charge on any atom is -0.457 e. The Bertz CT molecular complexity index is 731. The highest BCUT2D eigenvalue weighted by atomic mass is 16.6. The van der Waals surface area contributed by atoms with Gasteiger partial charge in [-0.05, 0) is 55.7 Å². The van der Waals surface area contributed by atoms with Crippen LogP contribution in [0.3, 0.4) is 0 Å². The van der Waals surface area contributed by atoms with Gasteiger partial charge in [0.15, 0.2) is 0 Å². The SMILES string of the molecule is O=C(NC1CCC2OCCOC2C1)c1ccc(Oc2ccccc2)cc1. The van der Waals surface area contributed by atoms with E-state index < -0.39 is 0 Å². The number of nitrogens with one attached hydrogen (secondary N) is 1. The Kier molecular flexibility index (Phi) is 5.18. The van der Waals surface area contributed by atoms with Gasteiger partial charge in [-0.3, -0.25) is 4.79 Å². The standard InChI is InChI=1S/C21H23NO4/c23-21(22-16-8-11-19-20(14-16)25-13-12-24-19)15-6-9-18(10-7-15)26-17-4-2-1-3-5-17/h1-7,9-10,16,19-20H,8,11-14H2,(H,22,23). The van der Waals surface area contributed by atoms with Gasteiger partial charge >= 0.3 is 0 Å². The quantitative estimate of drug-likeness (QED) is 0.913. The highest BCUT2D eigenvalue weighted by Crippen LogP contribution is 2.27. The molecule has 2 aliphatic rings. The molecule has 0 radical (unpaired) electrons. The summed E-state index contributed by atoms with van der Waals surface area (Å²) >= 11 is 0. The van der Waals surface area contributed by atoms with Gasteiger partial charge in [0.1, 0.15) is 11.5 Å². The molecule has 0 bridgehead atoms. The Balaban J connectivity index is 1.33. The normalized spacial score (nSPS) is 25.2. The fourth-order valence-corrected chi connectivity index (χ4v) is 3.57. The highest BCUT2D eigenvalue weighted by Gasteiger charge is 2.34. The highest BCUT2D eigenvalue weighted by molar-refractivity contribution is 5.94. The molecule has 3 unspecified atom stereocenters. The van der Waals surface area contributed by atoms with E-state index in [1.165, 1.54) is 0 Å². The van der Waals surface area contributed by atoms with Crippen LogP contribution in [0.2, 0.25) is 0 Å². The molecular weight excluding hydrogens is 330 g/mol. The number of benzene rings is 2. The van der Waals surface area contributed by atoms with Gasteiger partial charge in [-0.25, -0.2) is 0 Å². The Morgan fingerprint density at radius 1 is 0.885 bits per heavy atom. The first kappa shape index (κ1) is 17.1. The molecule has 5 nitrogen and oxygen atoms in total. The zero-order valence-corrected chi connectivity index (χ0v) is 14.6. The molecule has 2 fully saturated rings. The van der Waals surface area contributed by atoms with Gasteiger partial charge in [-0.2, -0.15) is 0 Å². The number of para-hydroxylation sites is 1. The minimum atomic E-state index is -0.0589. The number of carbonyl (C=O) groups excluding carboxylic acids is 1. The molecule has 1 heterocycles. The van der Waals surface area contributed by atoms with Gasteiger partial charge < -0.3 is 19.5 Å². The fraction of sp³-hybridized carbons (Fsp3) is 0.381. The lowest BCUT2D eigenvalue weighted by molar-refractivity contribution is -0.157. The smallest absolute Gasteiger partial charge is 0.251 e. The second-order valence-electron chi connectivity index (χ2n) is 6.74. The number of hydrogen-bond donors (Lipinski definition) is 1. The summed E-state index contributed by atoms with van der Waals surface area (Å²) in [7, 11) is 0. The monoisotopic (exact) mass is 353 g/mol. The van der Waals surface area contributed by atoms with E-state index in [1.54, 1.807) is 12.1 Å². The van der Waals surface area contributed by atoms with Crippen molar-refractivity contribution in [2.75, 3.05) is 13.2 Å². The first-order valence-electron chi connectivity index (χ1n) is 9.15. The predicted octanol–water partition coefficient (Wildman–Crippen LogP) is 3.55. The van der Waals surface area contributed by atoms with Crippen molar-refractivity contribution >= 4 is 5.91 Å². The van der Waals surface area contributed by atoms with Crippen molar-refractivity contribution in [1.82, 2.24) is 5.32 Å². The van der Waals surface area contributed by atoms with Crippen LogP contribution in [0.5, 0.6) is 11.5 Å². The maximum atomic E-state index is 12.5. The molecule has 0 spiro atoms. The first-order chi connectivity index (χ1) is 12.8. The summed E-state index contributed by atoms with van der Waals surface area (Å²) in [5, 5.41) is 3.12. The van der Waals surface area contributed by atoms with Crippen molar-refractivity contribution in [2.45, 2.75) is 37.5 Å². The van der Waals surface area contributed by atoms with Crippen LogP contribution in [0, 0.1) is 0 Å². The van der Waals surface area contributed by atoms with Crippen LogP contribution in [-0.4, -0.2) is 37.4 Å². The number of rotatable bonds is 4. The van der Waals surface area contributed by atoms with Gasteiger partial charge in [0.25, 0.3) is 5.91 Å². The van der Waals surface area contributed by atoms with E-state index >= 15 is 0 Å². The Hall–Kier alpha value is -2.37. The Morgan fingerprint density at radius 3 is 2.35 bits per heavy atom. The number of amides is 1. The molecule has 5 heteroatoms. The second kappa shape index (κ2) is 7.89. The topological polar surface area (TPSA) is 56.8 Å². The van der Waals surface area contributed by atoms with Crippen molar-refractivity contribution < 1.29 is 19.0 Å². The molecular formula is C21H23NO4. The van der Waals surface area contributed by atoms with E-state index in [2.05, 4.69) is 5.32 Å². The molecule has 136 valence electrons. The molecule has 26 heavy (non-hydrogen) atoms. The molecule has 4 rings (SSSR count). The molecule has 1 saturated heterocycles. The van der Waals surface area contributed by atoms with E-state index in [0.717, 1.165) is 25.0 Å². The number of ether oxygens (including phenoxy) is 3. The van der Waals surface area contributed by atoms with Crippen molar-refractivity contribution in [1.29, 1.82) is 0 Å². The van der Waals surface area contributed by atoms with Gasteiger partial charge in [0, 0.05) is 11.6 Å². The van der Waals surface area contributed by atoms with Gasteiger partial charge in [0.05, 0.1) is 25.4 Å². The van der Waals surface area contributed by atoms with Crippen LogP contribution >= 0.6 is 0 Å². The summed E-state index contributed by atoms with van der Waals surface area (Å²) in [6.07, 6.45) is 2.95. The van der Waals surface area contributed by atoms with Crippen molar-refractivity contribution in [2.24, 2.45) is 0 Å². The fourth-order valence-electron chi connectivity index (χ4n) is 3.57. The number of hydrogen-bond acceptors (Lipinski definition) is 4. The minimum absolute atomic E-state index is 0.0589. The third-order valence-electron chi connectivity index (χ3n) is 4.91. The molecule has 1 aliphatic carbocycles. The lowest BCUT2D eigenvalue weighted by atomic mass is 9.89. The summed E-state index contributed by atoms with van der Waals surface area (Å²) in [5.41, 5.74) is 0.633. The molecule has 1 saturated carbocycles. The van der Waals surface area contributed by atoms with E-state index in [9.17, 15) is 4.79 Å². The van der Waals surface area contributed by atoms with E-state index in [1.807, 2.05) is 42.5 Å². The molecule has 1 N–H and O–H groups in total. The predicted molar refractivity (Wildman–Crippen MR) is 97.5 cm³/mol. The van der Waals surface area contributed by atoms with Crippen LogP contribution in [0.1, 0.15) is 29.6 Å². The Labute approximate surface area is 153 Å². The summed E-state index contributed by atoms with van der Waals surface area (Å²) in [4.78, 5) is 12.5. The van der Waals surface area contributed by atoms with Crippen molar-refractivity contribution in [3.05, 3.63) is 60.2 Å². The maximum absolute atomic E-state index is 12.5. The summed E-state index contributed by atoms with van der Waals surface area (Å²) < 4.78 is 17.3. The average Bonchev–Trinajstić information content (AvgIpc) is 2.69. The van der Waals surface area contributed by atoms with E-state index in [0.29, 0.717) is 24.5 Å². The van der Waals surface area contributed by atoms with Gasteiger partial charge in [0.2, 0.25) is 0 Å². The average molecular weight is 353 g/mol. The number of fused-ring (bicyclic) bond motifs is 1. The summed E-state index contributed by atoms with van der Waals surface area (Å²) in [5.74, 6) is 1.42. The van der Waals surface area contributed by atoms with Crippen LogP contribution in [0.15, 0.2) is 54.6 Å². The lowest BCUT2D eigenvalue weighted by Gasteiger charge is -2.39. The molecule has 2 aromatic rings. The molecule has 3 atom stereocenters. The Morgan fingerprint density at radius 2 is 1.58 bits per heavy atom. The van der Waals surface area contributed by atoms with Gasteiger partial charge in [-0.15, -0.1) is 0 Å². The zero-order valence-electron chi connectivity index (χ0n) is 14.6. The molecule has 1 aliphatic heterocycles. The van der Waals surface area contributed by atoms with E-state index in [-0.39, 0.29) is 24.2 Å². The third kappa shape index (κ3) is 4.06. The van der Waals surface area contributed by atoms with Crippen LogP contribution in [0.4, 0.5) is 0 Å². The van der Waals surface area contributed by atoms with Crippen molar-refractivity contribution in [3.63, 3.8) is 0 Å². The summed E-state index contributed by atoms with van der Waals surface area (Å²) in [6.45, 7) is 1.32. The second-order valence-corrected chi connectivity index (χ2v) is 6.74. The third-order valence-corrected chi connectivity index (χ3v) is 4.91. The lowest BCUT2D eigenvalue weighted by Crippen LogP contribution is -2.49. The maximum Gasteiger partial charge on any atom is 0.251 e.